The Morgan fingerprint density at radius 1 is 1.24 bits per heavy atom. The zero-order valence-corrected chi connectivity index (χ0v) is 13.9. The molecule has 0 N–H and O–H groups in total. The van der Waals surface area contributed by atoms with Gasteiger partial charge in [-0.05, 0) is 57.7 Å². The van der Waals surface area contributed by atoms with Crippen LogP contribution in [0, 0.1) is 18.3 Å². The van der Waals surface area contributed by atoms with Crippen molar-refractivity contribution in [3.8, 4) is 6.07 Å². The predicted octanol–water partition coefficient (Wildman–Crippen LogP) is 1.83. The van der Waals surface area contributed by atoms with Gasteiger partial charge in [0.25, 0.3) is 0 Å². The fourth-order valence-corrected chi connectivity index (χ4v) is 3.85. The van der Waals surface area contributed by atoms with Crippen LogP contribution in [-0.4, -0.2) is 51.4 Å². The van der Waals surface area contributed by atoms with Crippen LogP contribution >= 0.6 is 0 Å². The minimum atomic E-state index is -3.50. The van der Waals surface area contributed by atoms with Gasteiger partial charge in [-0.15, -0.1) is 0 Å². The van der Waals surface area contributed by atoms with Crippen molar-refractivity contribution in [2.75, 3.05) is 33.7 Å². The van der Waals surface area contributed by atoms with E-state index in [9.17, 15) is 8.42 Å². The molecule has 0 aliphatic heterocycles. The molecular weight excluding hydrogens is 286 g/mol. The van der Waals surface area contributed by atoms with Gasteiger partial charge in [-0.25, -0.2) is 8.42 Å². The van der Waals surface area contributed by atoms with Crippen LogP contribution in [-0.2, 0) is 10.0 Å². The molecular formula is C15H23N3O2S. The Morgan fingerprint density at radius 2 is 1.90 bits per heavy atom. The van der Waals surface area contributed by atoms with Crippen molar-refractivity contribution in [1.29, 1.82) is 5.26 Å². The van der Waals surface area contributed by atoms with Gasteiger partial charge in [0.05, 0.1) is 16.5 Å². The highest BCUT2D eigenvalue weighted by Crippen LogP contribution is 2.21. The van der Waals surface area contributed by atoms with E-state index in [4.69, 9.17) is 5.26 Å². The van der Waals surface area contributed by atoms with E-state index in [0.717, 1.165) is 13.0 Å². The molecule has 1 rings (SSSR count). The fourth-order valence-electron chi connectivity index (χ4n) is 2.16. The SMILES string of the molecule is CCN(CCCN(C)C)S(=O)(=O)c1ccc(C#N)cc1C. The molecule has 1 aromatic carbocycles. The van der Waals surface area contributed by atoms with E-state index in [1.165, 1.54) is 10.4 Å². The average molecular weight is 309 g/mol. The van der Waals surface area contributed by atoms with Crippen LogP contribution in [0.4, 0.5) is 0 Å². The van der Waals surface area contributed by atoms with Crippen molar-refractivity contribution in [3.63, 3.8) is 0 Å². The molecule has 0 radical (unpaired) electrons. The summed E-state index contributed by atoms with van der Waals surface area (Å²) in [4.78, 5) is 2.32. The summed E-state index contributed by atoms with van der Waals surface area (Å²) in [6.45, 7) is 5.34. The summed E-state index contributed by atoms with van der Waals surface area (Å²) in [5, 5.41) is 8.86. The summed E-state index contributed by atoms with van der Waals surface area (Å²) >= 11 is 0. The fraction of sp³-hybridized carbons (Fsp3) is 0.533. The normalized spacial score (nSPS) is 11.9. The molecule has 0 spiro atoms. The highest BCUT2D eigenvalue weighted by atomic mass is 32.2. The Hall–Kier alpha value is -1.42. The number of nitriles is 1. The summed E-state index contributed by atoms with van der Waals surface area (Å²) in [6, 6.07) is 6.71. The van der Waals surface area contributed by atoms with Crippen LogP contribution in [0.1, 0.15) is 24.5 Å². The van der Waals surface area contributed by atoms with Gasteiger partial charge in [-0.1, -0.05) is 6.92 Å². The third-order valence-corrected chi connectivity index (χ3v) is 5.42. The summed E-state index contributed by atoms with van der Waals surface area (Å²) < 4.78 is 26.9. The molecule has 21 heavy (non-hydrogen) atoms. The van der Waals surface area contributed by atoms with Crippen molar-refractivity contribution < 1.29 is 8.42 Å². The standard InChI is InChI=1S/C15H23N3O2S/c1-5-18(10-6-9-17(3)4)21(19,20)15-8-7-14(12-16)11-13(15)2/h7-8,11H,5-6,9-10H2,1-4H3. The topological polar surface area (TPSA) is 64.4 Å². The van der Waals surface area contributed by atoms with Crippen molar-refractivity contribution in [1.82, 2.24) is 9.21 Å². The highest BCUT2D eigenvalue weighted by Gasteiger charge is 2.24. The lowest BCUT2D eigenvalue weighted by molar-refractivity contribution is 0.356. The van der Waals surface area contributed by atoms with E-state index in [0.29, 0.717) is 24.2 Å². The maximum Gasteiger partial charge on any atom is 0.243 e. The van der Waals surface area contributed by atoms with Crippen molar-refractivity contribution in [3.05, 3.63) is 29.3 Å². The van der Waals surface area contributed by atoms with E-state index in [1.54, 1.807) is 19.1 Å². The summed E-state index contributed by atoms with van der Waals surface area (Å²) in [5.74, 6) is 0. The maximum absolute atomic E-state index is 12.7. The largest absolute Gasteiger partial charge is 0.309 e. The molecule has 0 aliphatic rings. The van der Waals surface area contributed by atoms with Gasteiger partial charge in [0.1, 0.15) is 0 Å². The molecule has 0 saturated carbocycles. The number of aryl methyl sites for hydroxylation is 1. The van der Waals surface area contributed by atoms with Gasteiger partial charge in [-0.2, -0.15) is 9.57 Å². The second-order valence-electron chi connectivity index (χ2n) is 5.25. The number of benzene rings is 1. The van der Waals surface area contributed by atoms with E-state index >= 15 is 0 Å². The molecule has 5 nitrogen and oxygen atoms in total. The third kappa shape index (κ3) is 4.53. The lowest BCUT2D eigenvalue weighted by Gasteiger charge is -2.22. The van der Waals surface area contributed by atoms with Crippen molar-refractivity contribution in [2.45, 2.75) is 25.2 Å². The summed E-state index contributed by atoms with van der Waals surface area (Å²) in [6.07, 6.45) is 0.787. The number of rotatable bonds is 7. The second kappa shape index (κ2) is 7.55. The zero-order valence-electron chi connectivity index (χ0n) is 13.1. The molecule has 0 bridgehead atoms. The molecule has 6 heteroatoms. The second-order valence-corrected chi connectivity index (χ2v) is 7.15. The Kier molecular flexibility index (Phi) is 6.34. The number of nitrogens with zero attached hydrogens (tertiary/aromatic N) is 3. The first-order valence-corrected chi connectivity index (χ1v) is 8.42. The molecule has 0 amide bonds. The van der Waals surface area contributed by atoms with Gasteiger partial charge < -0.3 is 4.90 Å². The Bertz CT molecular complexity index is 618. The molecule has 116 valence electrons. The molecule has 0 unspecified atom stereocenters. The van der Waals surface area contributed by atoms with Crippen LogP contribution in [0.25, 0.3) is 0 Å². The Labute approximate surface area is 127 Å². The molecule has 0 atom stereocenters. The van der Waals surface area contributed by atoms with Crippen LogP contribution in [0.3, 0.4) is 0 Å². The number of sulfonamides is 1. The molecule has 0 fully saturated rings. The molecule has 1 aromatic rings. The minimum Gasteiger partial charge on any atom is -0.309 e. The lowest BCUT2D eigenvalue weighted by atomic mass is 10.2. The smallest absolute Gasteiger partial charge is 0.243 e. The zero-order chi connectivity index (χ0) is 16.0. The minimum absolute atomic E-state index is 0.285. The maximum atomic E-state index is 12.7. The van der Waals surface area contributed by atoms with Crippen LogP contribution < -0.4 is 0 Å². The van der Waals surface area contributed by atoms with E-state index in [2.05, 4.69) is 0 Å². The van der Waals surface area contributed by atoms with Gasteiger partial charge in [-0.3, -0.25) is 0 Å². The molecule has 0 saturated heterocycles. The number of hydrogen-bond acceptors (Lipinski definition) is 4. The van der Waals surface area contributed by atoms with Gasteiger partial charge in [0, 0.05) is 13.1 Å². The number of hydrogen-bond donors (Lipinski definition) is 0. The first kappa shape index (κ1) is 17.6. The van der Waals surface area contributed by atoms with E-state index in [-0.39, 0.29) is 4.90 Å². The van der Waals surface area contributed by atoms with Gasteiger partial charge in [0.2, 0.25) is 10.0 Å². The van der Waals surface area contributed by atoms with Crippen molar-refractivity contribution in [2.24, 2.45) is 0 Å². The van der Waals surface area contributed by atoms with E-state index < -0.39 is 10.0 Å². The summed E-state index contributed by atoms with van der Waals surface area (Å²) in [5.41, 5.74) is 1.09. The third-order valence-electron chi connectivity index (χ3n) is 3.29. The molecule has 0 heterocycles. The van der Waals surface area contributed by atoms with Gasteiger partial charge >= 0.3 is 0 Å². The van der Waals surface area contributed by atoms with Crippen LogP contribution in [0.2, 0.25) is 0 Å². The first-order valence-electron chi connectivity index (χ1n) is 6.98. The predicted molar refractivity (Wildman–Crippen MR) is 83.5 cm³/mol. The first-order chi connectivity index (χ1) is 9.82. The van der Waals surface area contributed by atoms with Crippen molar-refractivity contribution >= 4 is 10.0 Å². The Balaban J connectivity index is 2.99. The molecule has 0 aliphatic carbocycles. The summed E-state index contributed by atoms with van der Waals surface area (Å²) in [7, 11) is 0.436. The molecule has 0 aromatic heterocycles. The van der Waals surface area contributed by atoms with Crippen LogP contribution in [0.15, 0.2) is 23.1 Å². The average Bonchev–Trinajstić information content (AvgIpc) is 2.42. The van der Waals surface area contributed by atoms with Crippen LogP contribution in [0.5, 0.6) is 0 Å². The van der Waals surface area contributed by atoms with E-state index in [1.807, 2.05) is 32.0 Å². The lowest BCUT2D eigenvalue weighted by Crippen LogP contribution is -2.33. The van der Waals surface area contributed by atoms with Gasteiger partial charge in [0.15, 0.2) is 0 Å². The highest BCUT2D eigenvalue weighted by molar-refractivity contribution is 7.89. The Morgan fingerprint density at radius 3 is 2.38 bits per heavy atom. The monoisotopic (exact) mass is 309 g/mol. The quantitative estimate of drug-likeness (QED) is 0.771.